The van der Waals surface area contributed by atoms with Crippen molar-refractivity contribution in [1.29, 1.82) is 0 Å². The summed E-state index contributed by atoms with van der Waals surface area (Å²) in [5.41, 5.74) is 0.422. The van der Waals surface area contributed by atoms with E-state index in [9.17, 15) is 4.79 Å². The van der Waals surface area contributed by atoms with Crippen LogP contribution < -0.4 is 9.47 Å². The van der Waals surface area contributed by atoms with Gasteiger partial charge in [-0.05, 0) is 18.2 Å². The van der Waals surface area contributed by atoms with Crippen molar-refractivity contribution in [3.8, 4) is 11.5 Å². The van der Waals surface area contributed by atoms with Gasteiger partial charge < -0.3 is 14.2 Å². The first kappa shape index (κ1) is 12.1. The van der Waals surface area contributed by atoms with Crippen LogP contribution in [0.5, 0.6) is 11.5 Å². The predicted molar refractivity (Wildman–Crippen MR) is 60.0 cm³/mol. The zero-order valence-electron chi connectivity index (χ0n) is 9.36. The van der Waals surface area contributed by atoms with E-state index in [1.807, 2.05) is 0 Å². The number of rotatable bonds is 5. The van der Waals surface area contributed by atoms with Crippen LogP contribution in [0.1, 0.15) is 10.4 Å². The van der Waals surface area contributed by atoms with E-state index in [0.29, 0.717) is 23.7 Å². The topological polar surface area (TPSA) is 44.8 Å². The summed E-state index contributed by atoms with van der Waals surface area (Å²) in [6.45, 7) is 3.93. The molecule has 1 aromatic rings. The highest BCUT2D eigenvalue weighted by Crippen LogP contribution is 2.28. The fourth-order valence-corrected chi connectivity index (χ4v) is 1.18. The second-order valence-electron chi connectivity index (χ2n) is 2.96. The lowest BCUT2D eigenvalue weighted by Gasteiger charge is -2.10. The van der Waals surface area contributed by atoms with Crippen molar-refractivity contribution < 1.29 is 19.0 Å². The number of carbonyl (C=O) groups excluding carboxylic acids is 1. The first-order valence-electron chi connectivity index (χ1n) is 4.73. The molecule has 0 unspecified atom stereocenters. The Morgan fingerprint density at radius 1 is 1.38 bits per heavy atom. The van der Waals surface area contributed by atoms with Gasteiger partial charge in [0.1, 0.15) is 6.61 Å². The zero-order valence-corrected chi connectivity index (χ0v) is 9.36. The molecule has 1 aromatic carbocycles. The van der Waals surface area contributed by atoms with E-state index in [-0.39, 0.29) is 0 Å². The van der Waals surface area contributed by atoms with Crippen LogP contribution in [0.4, 0.5) is 0 Å². The van der Waals surface area contributed by atoms with E-state index in [4.69, 9.17) is 9.47 Å². The Hall–Kier alpha value is -1.97. The molecule has 0 aliphatic carbocycles. The summed E-state index contributed by atoms with van der Waals surface area (Å²) in [6, 6.07) is 4.85. The van der Waals surface area contributed by atoms with Gasteiger partial charge in [0.2, 0.25) is 0 Å². The molecular weight excluding hydrogens is 208 g/mol. The number of esters is 1. The molecule has 0 aliphatic rings. The maximum atomic E-state index is 11.3. The van der Waals surface area contributed by atoms with E-state index in [0.717, 1.165) is 0 Å². The molecular formula is C12H14O4. The molecule has 4 nitrogen and oxygen atoms in total. The van der Waals surface area contributed by atoms with Gasteiger partial charge in [-0.2, -0.15) is 0 Å². The molecule has 0 atom stereocenters. The van der Waals surface area contributed by atoms with Crippen LogP contribution in [0.15, 0.2) is 30.9 Å². The molecule has 0 fully saturated rings. The lowest BCUT2D eigenvalue weighted by molar-refractivity contribution is 0.0600. The van der Waals surface area contributed by atoms with Crippen LogP contribution >= 0.6 is 0 Å². The van der Waals surface area contributed by atoms with Gasteiger partial charge in [-0.1, -0.05) is 12.7 Å². The maximum absolute atomic E-state index is 11.3. The largest absolute Gasteiger partial charge is 0.493 e. The highest BCUT2D eigenvalue weighted by atomic mass is 16.5. The fraction of sp³-hybridized carbons (Fsp3) is 0.250. The smallest absolute Gasteiger partial charge is 0.337 e. The molecule has 0 saturated carbocycles. The normalized spacial score (nSPS) is 9.38. The second kappa shape index (κ2) is 5.80. The number of benzene rings is 1. The maximum Gasteiger partial charge on any atom is 0.337 e. The van der Waals surface area contributed by atoms with Crippen molar-refractivity contribution >= 4 is 5.97 Å². The predicted octanol–water partition coefficient (Wildman–Crippen LogP) is 2.05. The van der Waals surface area contributed by atoms with Crippen LogP contribution in [0.3, 0.4) is 0 Å². The van der Waals surface area contributed by atoms with E-state index in [1.165, 1.54) is 14.2 Å². The Labute approximate surface area is 94.4 Å². The Morgan fingerprint density at radius 3 is 2.69 bits per heavy atom. The third kappa shape index (κ3) is 2.76. The summed E-state index contributed by atoms with van der Waals surface area (Å²) in [5.74, 6) is 0.647. The van der Waals surface area contributed by atoms with Crippen molar-refractivity contribution in [1.82, 2.24) is 0 Å². The average Bonchev–Trinajstić information content (AvgIpc) is 2.35. The Bertz CT molecular complexity index is 385. The van der Waals surface area contributed by atoms with Crippen molar-refractivity contribution in [2.24, 2.45) is 0 Å². The Morgan fingerprint density at radius 2 is 2.12 bits per heavy atom. The SMILES string of the molecule is C=CCOc1ccc(C(=O)OC)cc1OC. The second-order valence-corrected chi connectivity index (χ2v) is 2.96. The molecule has 4 heteroatoms. The van der Waals surface area contributed by atoms with Crippen molar-refractivity contribution in [2.45, 2.75) is 0 Å². The van der Waals surface area contributed by atoms with Crippen molar-refractivity contribution in [2.75, 3.05) is 20.8 Å². The summed E-state index contributed by atoms with van der Waals surface area (Å²) < 4.78 is 15.1. The molecule has 0 N–H and O–H groups in total. The third-order valence-corrected chi connectivity index (χ3v) is 1.94. The number of carbonyl (C=O) groups is 1. The van der Waals surface area contributed by atoms with Gasteiger partial charge in [-0.3, -0.25) is 0 Å². The minimum atomic E-state index is -0.409. The van der Waals surface area contributed by atoms with Crippen LogP contribution in [-0.2, 0) is 4.74 Å². The summed E-state index contributed by atoms with van der Waals surface area (Å²) >= 11 is 0. The first-order chi connectivity index (χ1) is 7.72. The number of methoxy groups -OCH3 is 2. The molecule has 0 bridgehead atoms. The van der Waals surface area contributed by atoms with Gasteiger partial charge >= 0.3 is 5.97 Å². The van der Waals surface area contributed by atoms with Gasteiger partial charge in [-0.15, -0.1) is 0 Å². The molecule has 0 aliphatic heterocycles. The molecule has 0 radical (unpaired) electrons. The number of hydrogen-bond donors (Lipinski definition) is 0. The first-order valence-corrected chi connectivity index (χ1v) is 4.73. The quantitative estimate of drug-likeness (QED) is 0.565. The summed E-state index contributed by atoms with van der Waals surface area (Å²) in [6.07, 6.45) is 1.63. The van der Waals surface area contributed by atoms with E-state index >= 15 is 0 Å². The van der Waals surface area contributed by atoms with Crippen LogP contribution in [0.2, 0.25) is 0 Å². The standard InChI is InChI=1S/C12H14O4/c1-4-7-16-10-6-5-9(12(13)15-3)8-11(10)14-2/h4-6,8H,1,7H2,2-3H3. The van der Waals surface area contributed by atoms with Crippen LogP contribution in [-0.4, -0.2) is 26.8 Å². The van der Waals surface area contributed by atoms with Crippen molar-refractivity contribution in [3.05, 3.63) is 36.4 Å². The molecule has 86 valence electrons. The molecule has 16 heavy (non-hydrogen) atoms. The zero-order chi connectivity index (χ0) is 12.0. The minimum absolute atomic E-state index is 0.383. The molecule has 0 amide bonds. The van der Waals surface area contributed by atoms with Gasteiger partial charge in [0, 0.05) is 0 Å². The lowest BCUT2D eigenvalue weighted by atomic mass is 10.2. The molecule has 1 rings (SSSR count). The monoisotopic (exact) mass is 222 g/mol. The summed E-state index contributed by atoms with van der Waals surface area (Å²) in [4.78, 5) is 11.3. The highest BCUT2D eigenvalue weighted by Gasteiger charge is 2.10. The lowest BCUT2D eigenvalue weighted by Crippen LogP contribution is -2.03. The van der Waals surface area contributed by atoms with E-state index in [2.05, 4.69) is 11.3 Å². The van der Waals surface area contributed by atoms with E-state index < -0.39 is 5.97 Å². The summed E-state index contributed by atoms with van der Waals surface area (Å²) in [5, 5.41) is 0. The summed E-state index contributed by atoms with van der Waals surface area (Å²) in [7, 11) is 2.84. The average molecular weight is 222 g/mol. The van der Waals surface area contributed by atoms with Gasteiger partial charge in [-0.25, -0.2) is 4.79 Å². The van der Waals surface area contributed by atoms with E-state index in [1.54, 1.807) is 24.3 Å². The molecule has 0 saturated heterocycles. The van der Waals surface area contributed by atoms with Gasteiger partial charge in [0.15, 0.2) is 11.5 Å². The Kier molecular flexibility index (Phi) is 4.39. The van der Waals surface area contributed by atoms with Gasteiger partial charge in [0.05, 0.1) is 19.8 Å². The fourth-order valence-electron chi connectivity index (χ4n) is 1.18. The van der Waals surface area contributed by atoms with Crippen LogP contribution in [0, 0.1) is 0 Å². The number of ether oxygens (including phenoxy) is 3. The third-order valence-electron chi connectivity index (χ3n) is 1.94. The van der Waals surface area contributed by atoms with Crippen LogP contribution in [0.25, 0.3) is 0 Å². The molecule has 0 spiro atoms. The molecule has 0 aromatic heterocycles. The highest BCUT2D eigenvalue weighted by molar-refractivity contribution is 5.90. The van der Waals surface area contributed by atoms with Crippen molar-refractivity contribution in [3.63, 3.8) is 0 Å². The number of hydrogen-bond acceptors (Lipinski definition) is 4. The molecule has 0 heterocycles. The van der Waals surface area contributed by atoms with Gasteiger partial charge in [0.25, 0.3) is 0 Å². The Balaban J connectivity index is 2.96. The minimum Gasteiger partial charge on any atom is -0.493 e.